The minimum atomic E-state index is -3.52. The van der Waals surface area contributed by atoms with Crippen LogP contribution in [0.3, 0.4) is 0 Å². The van der Waals surface area contributed by atoms with Crippen LogP contribution < -0.4 is 5.73 Å². The van der Waals surface area contributed by atoms with Crippen LogP contribution in [0.25, 0.3) is 10.9 Å². The average molecular weight is 247 g/mol. The monoisotopic (exact) mass is 246 g/mol. The Labute approximate surface area is 113 Å². The van der Waals surface area contributed by atoms with Crippen molar-refractivity contribution in [3.63, 3.8) is 0 Å². The predicted molar refractivity (Wildman–Crippen MR) is 66.4 cm³/mol. The predicted octanol–water partition coefficient (Wildman–Crippen LogP) is 2.70. The lowest BCUT2D eigenvalue weighted by Gasteiger charge is -2.19. The maximum absolute atomic E-state index is 10.6. The summed E-state index contributed by atoms with van der Waals surface area (Å²) in [5, 5.41) is 9.78. The van der Waals surface area contributed by atoms with E-state index in [-0.39, 0.29) is 5.39 Å². The molecule has 2 rings (SSSR count). The lowest BCUT2D eigenvalue weighted by atomic mass is 10.0. The van der Waals surface area contributed by atoms with E-state index < -0.39 is 65.4 Å². The van der Waals surface area contributed by atoms with Crippen LogP contribution >= 0.6 is 11.6 Å². The Morgan fingerprint density at radius 2 is 2.25 bits per heavy atom. The minimum Gasteiger partial charge on any atom is -0.397 e. The number of benzene rings is 1. The van der Waals surface area contributed by atoms with Crippen molar-refractivity contribution in [1.82, 2.24) is 4.98 Å². The molecule has 0 saturated heterocycles. The van der Waals surface area contributed by atoms with Gasteiger partial charge in [0.2, 0.25) is 0 Å². The van der Waals surface area contributed by atoms with Gasteiger partial charge in [-0.3, -0.25) is 0 Å². The fourth-order valence-electron chi connectivity index (χ4n) is 1.19. The zero-order valence-corrected chi connectivity index (χ0v) is 8.61. The highest BCUT2D eigenvalue weighted by atomic mass is 35.5. The zero-order chi connectivity index (χ0) is 20.4. The number of aromatic nitrogens is 1. The third-order valence-corrected chi connectivity index (χ3v) is 2.03. The maximum Gasteiger partial charge on any atom is 0.103 e. The normalized spacial score (nSPS) is 22.6. The van der Waals surface area contributed by atoms with E-state index in [1.54, 1.807) is 0 Å². The highest BCUT2D eigenvalue weighted by Gasteiger charge is 2.21. The molecule has 0 aliphatic carbocycles. The molecule has 0 aliphatic heterocycles. The first kappa shape index (κ1) is 4.17. The Balaban J connectivity index is 3.10. The highest BCUT2D eigenvalue weighted by molar-refractivity contribution is 6.31. The van der Waals surface area contributed by atoms with Crippen LogP contribution in [0.15, 0.2) is 24.2 Å². The number of hydrogen-bond donors (Lipinski definition) is 2. The molecule has 4 heteroatoms. The van der Waals surface area contributed by atoms with Gasteiger partial charge in [0, 0.05) is 18.6 Å². The summed E-state index contributed by atoms with van der Waals surface area (Å²) >= 11 is 5.78. The quantitative estimate of drug-likeness (QED) is 0.814. The molecule has 0 radical (unpaired) electrons. The Morgan fingerprint density at radius 3 is 2.94 bits per heavy atom. The van der Waals surface area contributed by atoms with Gasteiger partial charge in [0.25, 0.3) is 0 Å². The van der Waals surface area contributed by atoms with Gasteiger partial charge in [0.1, 0.15) is 5.60 Å². The smallest absolute Gasteiger partial charge is 0.103 e. The van der Waals surface area contributed by atoms with Gasteiger partial charge < -0.3 is 10.8 Å². The second-order valence-electron chi connectivity index (χ2n) is 3.12. The number of rotatable bonds is 1. The fraction of sp³-hybridized carbons (Fsp3) is 0.250. The Bertz CT molecular complexity index is 894. The summed E-state index contributed by atoms with van der Waals surface area (Å²) in [4.78, 5) is 3.70. The number of nitrogen functional groups attached to an aromatic ring is 1. The molecule has 0 aliphatic rings. The molecule has 0 unspecified atom stereocenters. The van der Waals surface area contributed by atoms with Gasteiger partial charge in [-0.2, -0.15) is 0 Å². The van der Waals surface area contributed by atoms with Crippen molar-refractivity contribution in [3.05, 3.63) is 34.9 Å². The Hall–Kier alpha value is -1.32. The first-order valence-electron chi connectivity index (χ1n) is 9.15. The zero-order valence-electron chi connectivity index (χ0n) is 17.8. The molecule has 0 atom stereocenters. The number of aliphatic hydroxyl groups is 1. The van der Waals surface area contributed by atoms with Gasteiger partial charge in [0.05, 0.1) is 22.4 Å². The summed E-state index contributed by atoms with van der Waals surface area (Å²) in [6, 6.07) is -2.52. The maximum atomic E-state index is 10.6. The number of nitrogens with zero attached hydrogens (tertiary/aromatic N) is 1. The first-order valence-corrected chi connectivity index (χ1v) is 4.53. The van der Waals surface area contributed by atoms with Gasteiger partial charge in [0.15, 0.2) is 0 Å². The second-order valence-corrected chi connectivity index (χ2v) is 3.50. The van der Waals surface area contributed by atoms with Crippen LogP contribution in [0.1, 0.15) is 33.1 Å². The first-order chi connectivity index (χ1) is 11.6. The molecule has 1 aromatic heterocycles. The molecule has 0 saturated carbocycles. The van der Waals surface area contributed by atoms with Crippen molar-refractivity contribution < 1.29 is 18.8 Å². The van der Waals surface area contributed by atoms with Gasteiger partial charge in [-0.05, 0) is 37.9 Å². The van der Waals surface area contributed by atoms with Crippen LogP contribution in [-0.2, 0) is 5.60 Å². The second kappa shape index (κ2) is 3.61. The molecular weight excluding hydrogens is 224 g/mol. The van der Waals surface area contributed by atoms with Crippen molar-refractivity contribution in [3.8, 4) is 0 Å². The number of hydrogen-bond acceptors (Lipinski definition) is 3. The standard InChI is InChI=1S/C12H13ClN2O/c1-12(2,16)11-9(14)6-7-5-8(13)3-4-10(7)15-11/h3-6,16H,14H2,1-2H3/i1D3,2D3,3D,4D,5D,6D. The number of nitrogens with two attached hydrogens (primary N) is 1. The van der Waals surface area contributed by atoms with Crippen molar-refractivity contribution in [2.24, 2.45) is 0 Å². The van der Waals surface area contributed by atoms with Crippen LogP contribution in [0, 0.1) is 0 Å². The largest absolute Gasteiger partial charge is 0.397 e. The lowest BCUT2D eigenvalue weighted by Crippen LogP contribution is -2.19. The third-order valence-electron chi connectivity index (χ3n) is 1.84. The van der Waals surface area contributed by atoms with Gasteiger partial charge >= 0.3 is 0 Å². The summed E-state index contributed by atoms with van der Waals surface area (Å²) in [7, 11) is 0. The molecule has 16 heavy (non-hydrogen) atoms. The van der Waals surface area contributed by atoms with Crippen LogP contribution in [-0.4, -0.2) is 10.1 Å². The molecule has 0 fully saturated rings. The van der Waals surface area contributed by atoms with E-state index in [1.165, 1.54) is 0 Å². The molecule has 1 aromatic carbocycles. The molecule has 0 amide bonds. The van der Waals surface area contributed by atoms with Gasteiger partial charge in [-0.25, -0.2) is 4.98 Å². The third kappa shape index (κ3) is 1.96. The van der Waals surface area contributed by atoms with E-state index in [4.69, 9.17) is 31.0 Å². The van der Waals surface area contributed by atoms with Crippen LogP contribution in [0.4, 0.5) is 5.69 Å². The Kier molecular flexibility index (Phi) is 0.940. The fourth-order valence-corrected chi connectivity index (χ4v) is 1.33. The highest BCUT2D eigenvalue weighted by Crippen LogP contribution is 2.28. The molecule has 3 N–H and O–H groups in total. The van der Waals surface area contributed by atoms with E-state index >= 15 is 0 Å². The summed E-state index contributed by atoms with van der Waals surface area (Å²) < 4.78 is 76.3. The number of halogens is 1. The average Bonchev–Trinajstić information content (AvgIpc) is 2.50. The van der Waals surface area contributed by atoms with Crippen molar-refractivity contribution in [2.75, 3.05) is 5.73 Å². The summed E-state index contributed by atoms with van der Waals surface area (Å²) in [6.45, 7) is -7.00. The van der Waals surface area contributed by atoms with E-state index in [1.807, 2.05) is 0 Å². The van der Waals surface area contributed by atoms with Crippen LogP contribution in [0.2, 0.25) is 5.02 Å². The lowest BCUT2D eigenvalue weighted by molar-refractivity contribution is 0.0751. The van der Waals surface area contributed by atoms with Crippen molar-refractivity contribution in [2.45, 2.75) is 19.3 Å². The molecular formula is C12H13ClN2O. The summed E-state index contributed by atoms with van der Waals surface area (Å²) in [6.07, 6.45) is 0. The van der Waals surface area contributed by atoms with Crippen LogP contribution in [0.5, 0.6) is 0 Å². The molecule has 1 heterocycles. The summed E-state index contributed by atoms with van der Waals surface area (Å²) in [5.41, 5.74) is -0.162. The Morgan fingerprint density at radius 1 is 1.50 bits per heavy atom. The number of pyridine rings is 1. The number of fused-ring (bicyclic) bond motifs is 1. The molecule has 3 nitrogen and oxygen atoms in total. The minimum absolute atomic E-state index is 0.351. The summed E-state index contributed by atoms with van der Waals surface area (Å²) in [5.74, 6) is 0. The van der Waals surface area contributed by atoms with Gasteiger partial charge in [-0.15, -0.1) is 0 Å². The van der Waals surface area contributed by atoms with E-state index in [2.05, 4.69) is 4.98 Å². The topological polar surface area (TPSA) is 59.1 Å². The van der Waals surface area contributed by atoms with Crippen molar-refractivity contribution >= 4 is 28.2 Å². The SMILES string of the molecule is [2H]c1c(Cl)c([2H])c2c([2H])c(N)c(C(O)(C([2H])([2H])[2H])C([2H])([2H])[2H])nc2c1[2H]. The van der Waals surface area contributed by atoms with E-state index in [0.717, 1.165) is 0 Å². The molecule has 0 bridgehead atoms. The van der Waals surface area contributed by atoms with E-state index in [9.17, 15) is 5.11 Å². The van der Waals surface area contributed by atoms with Crippen molar-refractivity contribution in [1.29, 1.82) is 0 Å². The van der Waals surface area contributed by atoms with E-state index in [0.29, 0.717) is 0 Å². The molecule has 2 aromatic rings. The van der Waals surface area contributed by atoms with Gasteiger partial charge in [-0.1, -0.05) is 11.6 Å². The molecule has 0 spiro atoms. The number of anilines is 1. The molecule has 84 valence electrons.